The molecule has 2 unspecified atom stereocenters. The average Bonchev–Trinajstić information content (AvgIpc) is 2.70. The molecule has 0 aliphatic carbocycles. The first-order valence-corrected chi connectivity index (χ1v) is 7.53. The van der Waals surface area contributed by atoms with Crippen LogP contribution in [0.25, 0.3) is 0 Å². The summed E-state index contributed by atoms with van der Waals surface area (Å²) in [5.74, 6) is 0.00773. The van der Waals surface area contributed by atoms with Gasteiger partial charge in [0.2, 0.25) is 0 Å². The molecule has 1 aromatic carbocycles. The molecular formula is C17H24N2. The van der Waals surface area contributed by atoms with E-state index in [1.54, 1.807) is 0 Å². The van der Waals surface area contributed by atoms with Crippen molar-refractivity contribution in [3.8, 4) is 6.07 Å². The summed E-state index contributed by atoms with van der Waals surface area (Å²) in [6.45, 7) is 4.31. The molecule has 1 aliphatic rings. The van der Waals surface area contributed by atoms with Crippen molar-refractivity contribution in [2.45, 2.75) is 51.0 Å². The number of likely N-dealkylation sites (tertiary alicyclic amines) is 1. The van der Waals surface area contributed by atoms with Crippen LogP contribution in [0.15, 0.2) is 30.3 Å². The highest BCUT2D eigenvalue weighted by atomic mass is 15.2. The molecule has 1 saturated heterocycles. The highest BCUT2D eigenvalue weighted by molar-refractivity contribution is 5.25. The predicted molar refractivity (Wildman–Crippen MR) is 78.9 cm³/mol. The third kappa shape index (κ3) is 3.81. The lowest BCUT2D eigenvalue weighted by Gasteiger charge is -2.30. The zero-order valence-corrected chi connectivity index (χ0v) is 11.9. The van der Waals surface area contributed by atoms with Crippen molar-refractivity contribution in [1.29, 1.82) is 5.26 Å². The lowest BCUT2D eigenvalue weighted by Crippen LogP contribution is -2.37. The largest absolute Gasteiger partial charge is 0.299 e. The fraction of sp³-hybridized carbons (Fsp3) is 0.588. The monoisotopic (exact) mass is 256 g/mol. The molecule has 1 heterocycles. The van der Waals surface area contributed by atoms with Gasteiger partial charge in [0.1, 0.15) is 0 Å². The molecular weight excluding hydrogens is 232 g/mol. The Balaban J connectivity index is 2.06. The van der Waals surface area contributed by atoms with E-state index < -0.39 is 0 Å². The van der Waals surface area contributed by atoms with Gasteiger partial charge in [0, 0.05) is 12.6 Å². The van der Waals surface area contributed by atoms with Crippen LogP contribution in [-0.2, 0) is 0 Å². The molecule has 0 spiro atoms. The molecule has 0 radical (unpaired) electrons. The van der Waals surface area contributed by atoms with E-state index in [2.05, 4.69) is 30.0 Å². The van der Waals surface area contributed by atoms with E-state index >= 15 is 0 Å². The van der Waals surface area contributed by atoms with Crippen molar-refractivity contribution in [2.75, 3.05) is 13.1 Å². The highest BCUT2D eigenvalue weighted by Crippen LogP contribution is 2.23. The molecule has 2 atom stereocenters. The van der Waals surface area contributed by atoms with Gasteiger partial charge in [0.15, 0.2) is 0 Å². The summed E-state index contributed by atoms with van der Waals surface area (Å²) in [4.78, 5) is 2.55. The maximum atomic E-state index is 9.46. The van der Waals surface area contributed by atoms with E-state index in [0.717, 1.165) is 18.7 Å². The van der Waals surface area contributed by atoms with Gasteiger partial charge in [0.25, 0.3) is 0 Å². The van der Waals surface area contributed by atoms with Crippen LogP contribution in [0.3, 0.4) is 0 Å². The first-order chi connectivity index (χ1) is 9.35. The van der Waals surface area contributed by atoms with Crippen molar-refractivity contribution in [2.24, 2.45) is 0 Å². The van der Waals surface area contributed by atoms with Gasteiger partial charge in [-0.1, -0.05) is 50.1 Å². The minimum atomic E-state index is 0.00773. The zero-order chi connectivity index (χ0) is 13.5. The Bertz CT molecular complexity index is 407. The van der Waals surface area contributed by atoms with Crippen molar-refractivity contribution < 1.29 is 0 Å². The van der Waals surface area contributed by atoms with Gasteiger partial charge < -0.3 is 0 Å². The zero-order valence-electron chi connectivity index (χ0n) is 11.9. The SMILES string of the molecule is CCC1CCCCCN1CC(C#N)c1ccccc1. The van der Waals surface area contributed by atoms with Crippen LogP contribution in [0, 0.1) is 11.3 Å². The van der Waals surface area contributed by atoms with Crippen LogP contribution in [0.2, 0.25) is 0 Å². The summed E-state index contributed by atoms with van der Waals surface area (Å²) in [6, 6.07) is 13.4. The van der Waals surface area contributed by atoms with Crippen LogP contribution in [0.1, 0.15) is 50.5 Å². The summed E-state index contributed by atoms with van der Waals surface area (Å²) in [6.07, 6.45) is 6.47. The van der Waals surface area contributed by atoms with Crippen LogP contribution >= 0.6 is 0 Å². The number of nitrogens with zero attached hydrogens (tertiary/aromatic N) is 2. The minimum Gasteiger partial charge on any atom is -0.299 e. The number of benzene rings is 1. The first kappa shape index (κ1) is 14.1. The molecule has 1 aromatic rings. The molecule has 19 heavy (non-hydrogen) atoms. The van der Waals surface area contributed by atoms with E-state index in [9.17, 15) is 5.26 Å². The number of rotatable bonds is 4. The molecule has 1 aliphatic heterocycles. The first-order valence-electron chi connectivity index (χ1n) is 7.53. The van der Waals surface area contributed by atoms with Gasteiger partial charge in [0.05, 0.1) is 12.0 Å². The molecule has 1 fully saturated rings. The van der Waals surface area contributed by atoms with Crippen LogP contribution in [0.5, 0.6) is 0 Å². The van der Waals surface area contributed by atoms with Crippen LogP contribution in [0.4, 0.5) is 0 Å². The molecule has 0 bridgehead atoms. The standard InChI is InChI=1S/C17H24N2/c1-2-17-11-7-4-8-12-19(17)14-16(13-18)15-9-5-3-6-10-15/h3,5-6,9-10,16-17H,2,4,7-8,11-12,14H2,1H3. The van der Waals surface area contributed by atoms with Gasteiger partial charge in [-0.3, -0.25) is 4.90 Å². The summed E-state index contributed by atoms with van der Waals surface area (Å²) in [5.41, 5.74) is 1.16. The number of hydrogen-bond acceptors (Lipinski definition) is 2. The lowest BCUT2D eigenvalue weighted by molar-refractivity contribution is 0.191. The molecule has 0 aromatic heterocycles. The van der Waals surface area contributed by atoms with E-state index in [1.807, 2.05) is 18.2 Å². The van der Waals surface area contributed by atoms with E-state index in [-0.39, 0.29) is 5.92 Å². The molecule has 102 valence electrons. The maximum absolute atomic E-state index is 9.46. The molecule has 2 rings (SSSR count). The van der Waals surface area contributed by atoms with Gasteiger partial charge in [-0.05, 0) is 31.4 Å². The minimum absolute atomic E-state index is 0.00773. The van der Waals surface area contributed by atoms with E-state index in [1.165, 1.54) is 32.1 Å². The molecule has 0 N–H and O–H groups in total. The van der Waals surface area contributed by atoms with Gasteiger partial charge >= 0.3 is 0 Å². The Hall–Kier alpha value is -1.33. The van der Waals surface area contributed by atoms with E-state index in [0.29, 0.717) is 6.04 Å². The van der Waals surface area contributed by atoms with Crippen molar-refractivity contribution in [1.82, 2.24) is 4.90 Å². The highest BCUT2D eigenvalue weighted by Gasteiger charge is 2.23. The normalized spacial score (nSPS) is 22.4. The van der Waals surface area contributed by atoms with Crippen molar-refractivity contribution >= 4 is 0 Å². The maximum Gasteiger partial charge on any atom is 0.0839 e. The third-order valence-corrected chi connectivity index (χ3v) is 4.25. The fourth-order valence-electron chi connectivity index (χ4n) is 3.08. The predicted octanol–water partition coefficient (Wildman–Crippen LogP) is 3.95. The third-order valence-electron chi connectivity index (χ3n) is 4.25. The summed E-state index contributed by atoms with van der Waals surface area (Å²) >= 11 is 0. The van der Waals surface area contributed by atoms with Crippen LogP contribution < -0.4 is 0 Å². The molecule has 2 heteroatoms. The summed E-state index contributed by atoms with van der Waals surface area (Å²) < 4.78 is 0. The Labute approximate surface area is 117 Å². The number of hydrogen-bond donors (Lipinski definition) is 0. The second kappa shape index (κ2) is 7.31. The Morgan fingerprint density at radius 1 is 1.26 bits per heavy atom. The lowest BCUT2D eigenvalue weighted by atomic mass is 9.98. The van der Waals surface area contributed by atoms with E-state index in [4.69, 9.17) is 0 Å². The smallest absolute Gasteiger partial charge is 0.0839 e. The van der Waals surface area contributed by atoms with Gasteiger partial charge in [-0.25, -0.2) is 0 Å². The second-order valence-electron chi connectivity index (χ2n) is 5.50. The Morgan fingerprint density at radius 3 is 2.74 bits per heavy atom. The molecule has 0 saturated carbocycles. The fourth-order valence-corrected chi connectivity index (χ4v) is 3.08. The quantitative estimate of drug-likeness (QED) is 0.815. The Kier molecular flexibility index (Phi) is 5.42. The van der Waals surface area contributed by atoms with Crippen molar-refractivity contribution in [3.05, 3.63) is 35.9 Å². The molecule has 2 nitrogen and oxygen atoms in total. The Morgan fingerprint density at radius 2 is 2.05 bits per heavy atom. The topological polar surface area (TPSA) is 27.0 Å². The number of nitriles is 1. The van der Waals surface area contributed by atoms with Gasteiger partial charge in [-0.2, -0.15) is 5.26 Å². The molecule has 0 amide bonds. The van der Waals surface area contributed by atoms with Gasteiger partial charge in [-0.15, -0.1) is 0 Å². The van der Waals surface area contributed by atoms with Crippen molar-refractivity contribution in [3.63, 3.8) is 0 Å². The average molecular weight is 256 g/mol. The summed E-state index contributed by atoms with van der Waals surface area (Å²) in [5, 5.41) is 9.46. The second-order valence-corrected chi connectivity index (χ2v) is 5.50. The summed E-state index contributed by atoms with van der Waals surface area (Å²) in [7, 11) is 0. The van der Waals surface area contributed by atoms with Crippen LogP contribution in [-0.4, -0.2) is 24.0 Å².